The fourth-order valence-electron chi connectivity index (χ4n) is 1.18. The van der Waals surface area contributed by atoms with Crippen molar-refractivity contribution >= 4 is 5.97 Å². The Balaban J connectivity index is 2.12. The first-order valence-electron chi connectivity index (χ1n) is 4.38. The van der Waals surface area contributed by atoms with Crippen molar-refractivity contribution in [2.75, 3.05) is 7.11 Å². The van der Waals surface area contributed by atoms with Gasteiger partial charge in [0.15, 0.2) is 6.10 Å². The van der Waals surface area contributed by atoms with Crippen molar-refractivity contribution in [3.05, 3.63) is 0 Å². The van der Waals surface area contributed by atoms with Crippen LogP contribution < -0.4 is 0 Å². The van der Waals surface area contributed by atoms with Gasteiger partial charge >= 0.3 is 5.97 Å². The molecule has 3 nitrogen and oxygen atoms in total. The van der Waals surface area contributed by atoms with Crippen molar-refractivity contribution < 1.29 is 14.3 Å². The number of carbonyl (C=O) groups is 1. The average Bonchev–Trinajstić information content (AvgIpc) is 2.78. The van der Waals surface area contributed by atoms with Crippen LogP contribution in [0.3, 0.4) is 0 Å². The van der Waals surface area contributed by atoms with Crippen molar-refractivity contribution in [3.63, 3.8) is 0 Å². The van der Waals surface area contributed by atoms with Crippen molar-refractivity contribution in [2.24, 2.45) is 5.92 Å². The number of rotatable bonds is 4. The second-order valence-corrected chi connectivity index (χ2v) is 3.59. The molecule has 1 heterocycles. The van der Waals surface area contributed by atoms with Gasteiger partial charge in [0, 0.05) is 0 Å². The molecule has 0 radical (unpaired) electrons. The van der Waals surface area contributed by atoms with E-state index in [1.54, 1.807) is 0 Å². The van der Waals surface area contributed by atoms with E-state index < -0.39 is 0 Å². The van der Waals surface area contributed by atoms with Gasteiger partial charge in [0.25, 0.3) is 0 Å². The minimum absolute atomic E-state index is 0.125. The summed E-state index contributed by atoms with van der Waals surface area (Å²) in [6.07, 6.45) is 1.93. The molecule has 0 unspecified atom stereocenters. The molecule has 0 saturated carbocycles. The summed E-state index contributed by atoms with van der Waals surface area (Å²) in [6.45, 7) is 4.32. The SMILES string of the molecule is COC(=O)[C@@H]1O[C@H]1CCC(C)C. The molecular weight excluding hydrogens is 156 g/mol. The molecule has 0 bridgehead atoms. The second-order valence-electron chi connectivity index (χ2n) is 3.59. The molecule has 0 N–H and O–H groups in total. The predicted octanol–water partition coefficient (Wildman–Crippen LogP) is 1.36. The highest BCUT2D eigenvalue weighted by Gasteiger charge is 2.45. The first-order chi connectivity index (χ1) is 5.65. The van der Waals surface area contributed by atoms with Gasteiger partial charge in [0.2, 0.25) is 0 Å². The summed E-state index contributed by atoms with van der Waals surface area (Å²) in [5.74, 6) is 0.441. The fourth-order valence-corrected chi connectivity index (χ4v) is 1.18. The Morgan fingerprint density at radius 2 is 2.25 bits per heavy atom. The molecule has 1 fully saturated rings. The van der Waals surface area contributed by atoms with Gasteiger partial charge in [0.1, 0.15) is 0 Å². The number of hydrogen-bond acceptors (Lipinski definition) is 3. The molecule has 0 aliphatic carbocycles. The van der Waals surface area contributed by atoms with Crippen LogP contribution >= 0.6 is 0 Å². The zero-order chi connectivity index (χ0) is 9.14. The van der Waals surface area contributed by atoms with Gasteiger partial charge in [-0.15, -0.1) is 0 Å². The molecule has 1 aliphatic heterocycles. The van der Waals surface area contributed by atoms with E-state index in [-0.39, 0.29) is 18.2 Å². The third-order valence-corrected chi connectivity index (χ3v) is 2.04. The second kappa shape index (κ2) is 3.90. The third-order valence-electron chi connectivity index (χ3n) is 2.04. The molecule has 12 heavy (non-hydrogen) atoms. The van der Waals surface area contributed by atoms with Crippen LogP contribution in [0.2, 0.25) is 0 Å². The summed E-state index contributed by atoms with van der Waals surface area (Å²) in [4.78, 5) is 10.9. The van der Waals surface area contributed by atoms with E-state index in [0.29, 0.717) is 5.92 Å². The third kappa shape index (κ3) is 2.48. The first-order valence-corrected chi connectivity index (χ1v) is 4.38. The van der Waals surface area contributed by atoms with Gasteiger partial charge in [-0.1, -0.05) is 13.8 Å². The summed E-state index contributed by atoms with van der Waals surface area (Å²) in [7, 11) is 1.39. The standard InChI is InChI=1S/C9H16O3/c1-6(2)4-5-7-8(12-7)9(10)11-3/h6-8H,4-5H2,1-3H3/t7-,8+/m0/s1. The normalized spacial score (nSPS) is 27.3. The van der Waals surface area contributed by atoms with Crippen molar-refractivity contribution in [3.8, 4) is 0 Å². The van der Waals surface area contributed by atoms with Crippen LogP contribution in [0.1, 0.15) is 26.7 Å². The maximum Gasteiger partial charge on any atom is 0.337 e. The molecule has 3 heteroatoms. The first kappa shape index (κ1) is 9.52. The minimum atomic E-state index is -0.270. The van der Waals surface area contributed by atoms with Crippen LogP contribution in [0.15, 0.2) is 0 Å². The van der Waals surface area contributed by atoms with Gasteiger partial charge in [-0.2, -0.15) is 0 Å². The van der Waals surface area contributed by atoms with Gasteiger partial charge in [-0.25, -0.2) is 4.79 Å². The molecular formula is C9H16O3. The fraction of sp³-hybridized carbons (Fsp3) is 0.889. The summed E-state index contributed by atoms with van der Waals surface area (Å²) in [6, 6.07) is 0. The lowest BCUT2D eigenvalue weighted by atomic mass is 10.1. The molecule has 0 aromatic carbocycles. The summed E-state index contributed by atoms with van der Waals surface area (Å²) >= 11 is 0. The Morgan fingerprint density at radius 1 is 1.58 bits per heavy atom. The molecule has 1 rings (SSSR count). The lowest BCUT2D eigenvalue weighted by Crippen LogP contribution is -2.11. The smallest absolute Gasteiger partial charge is 0.337 e. The number of carbonyl (C=O) groups excluding carboxylic acids is 1. The number of ether oxygens (including phenoxy) is 2. The maximum absolute atomic E-state index is 10.9. The molecule has 2 atom stereocenters. The van der Waals surface area contributed by atoms with E-state index >= 15 is 0 Å². The van der Waals surface area contributed by atoms with E-state index in [9.17, 15) is 4.79 Å². The van der Waals surface area contributed by atoms with Crippen LogP contribution in [0.4, 0.5) is 0 Å². The highest BCUT2D eigenvalue weighted by molar-refractivity contribution is 5.77. The highest BCUT2D eigenvalue weighted by Crippen LogP contribution is 2.28. The Morgan fingerprint density at radius 3 is 2.75 bits per heavy atom. The Bertz CT molecular complexity index is 165. The molecule has 0 amide bonds. The van der Waals surface area contributed by atoms with Crippen LogP contribution in [-0.4, -0.2) is 25.3 Å². The van der Waals surface area contributed by atoms with E-state index in [1.807, 2.05) is 0 Å². The van der Waals surface area contributed by atoms with Crippen LogP contribution in [-0.2, 0) is 14.3 Å². The monoisotopic (exact) mass is 172 g/mol. The van der Waals surface area contributed by atoms with Gasteiger partial charge in [-0.05, 0) is 18.8 Å². The number of esters is 1. The van der Waals surface area contributed by atoms with Crippen molar-refractivity contribution in [1.82, 2.24) is 0 Å². The molecule has 1 saturated heterocycles. The van der Waals surface area contributed by atoms with E-state index in [2.05, 4.69) is 18.6 Å². The zero-order valence-corrected chi connectivity index (χ0v) is 7.87. The van der Waals surface area contributed by atoms with Gasteiger partial charge < -0.3 is 9.47 Å². The van der Waals surface area contributed by atoms with Crippen molar-refractivity contribution in [2.45, 2.75) is 38.9 Å². The number of epoxide rings is 1. The summed E-state index contributed by atoms with van der Waals surface area (Å²) in [5.41, 5.74) is 0. The lowest BCUT2D eigenvalue weighted by molar-refractivity contribution is -0.142. The topological polar surface area (TPSA) is 38.8 Å². The molecule has 0 aromatic rings. The number of methoxy groups -OCH3 is 1. The van der Waals surface area contributed by atoms with Crippen LogP contribution in [0.25, 0.3) is 0 Å². The largest absolute Gasteiger partial charge is 0.467 e. The molecule has 0 aromatic heterocycles. The van der Waals surface area contributed by atoms with Crippen molar-refractivity contribution in [1.29, 1.82) is 0 Å². The Kier molecular flexibility index (Phi) is 3.09. The zero-order valence-electron chi connectivity index (χ0n) is 7.87. The molecule has 70 valence electrons. The van der Waals surface area contributed by atoms with E-state index in [0.717, 1.165) is 12.8 Å². The predicted molar refractivity (Wildman–Crippen MR) is 44.7 cm³/mol. The van der Waals surface area contributed by atoms with E-state index in [4.69, 9.17) is 4.74 Å². The van der Waals surface area contributed by atoms with E-state index in [1.165, 1.54) is 7.11 Å². The lowest BCUT2D eigenvalue weighted by Gasteiger charge is -1.99. The van der Waals surface area contributed by atoms with Crippen LogP contribution in [0.5, 0.6) is 0 Å². The summed E-state index contributed by atoms with van der Waals surface area (Å²) < 4.78 is 9.69. The van der Waals surface area contributed by atoms with Crippen LogP contribution in [0, 0.1) is 5.92 Å². The quantitative estimate of drug-likeness (QED) is 0.475. The Hall–Kier alpha value is -0.570. The number of hydrogen-bond donors (Lipinski definition) is 0. The molecule has 1 aliphatic rings. The van der Waals surface area contributed by atoms with Gasteiger partial charge in [-0.3, -0.25) is 0 Å². The maximum atomic E-state index is 10.9. The Labute approximate surface area is 73.0 Å². The average molecular weight is 172 g/mol. The van der Waals surface area contributed by atoms with Gasteiger partial charge in [0.05, 0.1) is 13.2 Å². The molecule has 0 spiro atoms. The highest BCUT2D eigenvalue weighted by atomic mass is 16.6. The minimum Gasteiger partial charge on any atom is -0.467 e. The summed E-state index contributed by atoms with van der Waals surface area (Å²) in [5, 5.41) is 0.